The molecule has 0 radical (unpaired) electrons. The summed E-state index contributed by atoms with van der Waals surface area (Å²) in [7, 11) is 0. The van der Waals surface area contributed by atoms with Crippen LogP contribution < -0.4 is 16.0 Å². The summed E-state index contributed by atoms with van der Waals surface area (Å²) in [6, 6.07) is -0.928. The van der Waals surface area contributed by atoms with Crippen LogP contribution in [0.15, 0.2) is 0 Å². The highest BCUT2D eigenvalue weighted by Gasteiger charge is 2.27. The minimum Gasteiger partial charge on any atom is -0.480 e. The molecule has 0 unspecified atom stereocenters. The van der Waals surface area contributed by atoms with E-state index < -0.39 is 29.2 Å². The van der Waals surface area contributed by atoms with E-state index in [1.807, 2.05) is 20.8 Å². The Balaban J connectivity index is 3.96. The average Bonchev–Trinajstić information content (AvgIpc) is 3.16. The molecule has 0 aliphatic rings. The van der Waals surface area contributed by atoms with E-state index in [1.165, 1.54) is 64.2 Å². The molecule has 0 heterocycles. The van der Waals surface area contributed by atoms with Gasteiger partial charge < -0.3 is 49.5 Å². The predicted octanol–water partition coefficient (Wildman–Crippen LogP) is 6.34. The van der Waals surface area contributed by atoms with E-state index >= 15 is 0 Å². The molecule has 0 fully saturated rings. The second kappa shape index (κ2) is 37.2. The Morgan fingerprint density at radius 1 is 0.459 bits per heavy atom. The van der Waals surface area contributed by atoms with Crippen molar-refractivity contribution >= 4 is 35.6 Å². The van der Waals surface area contributed by atoms with Crippen LogP contribution >= 0.6 is 0 Å². The van der Waals surface area contributed by atoms with Gasteiger partial charge in [0.25, 0.3) is 0 Å². The lowest BCUT2D eigenvalue weighted by molar-refractivity contribution is -0.159. The Labute approximate surface area is 366 Å². The Kier molecular flexibility index (Phi) is 35.2. The topological polar surface area (TPSA) is 214 Å². The molecular weight excluding hydrogens is 791 g/mol. The lowest BCUT2D eigenvalue weighted by atomic mass is 10.0. The van der Waals surface area contributed by atoms with Gasteiger partial charge in [0.2, 0.25) is 17.7 Å². The third-order valence-corrected chi connectivity index (χ3v) is 8.98. The maximum absolute atomic E-state index is 12.9. The van der Waals surface area contributed by atoms with E-state index in [-0.39, 0.29) is 102 Å². The number of hydrogen-bond acceptors (Lipinski definition) is 12. The molecule has 356 valence electrons. The van der Waals surface area contributed by atoms with Crippen LogP contribution in [-0.4, -0.2) is 124 Å². The predicted molar refractivity (Wildman–Crippen MR) is 233 cm³/mol. The van der Waals surface area contributed by atoms with Gasteiger partial charge in [-0.25, -0.2) is 9.59 Å². The second-order valence-corrected chi connectivity index (χ2v) is 17.4. The SMILES string of the molecule is CC(C)(C)OC(=O)CCCCCCCCCCCCCCCCCCC(=O)N[C@@H](CCC(=O)NCCOCCOCC(=O)NCCOCCOCC(=O)O)C(=O)OC(C)(C)C. The van der Waals surface area contributed by atoms with Crippen LogP contribution in [0.2, 0.25) is 0 Å². The molecule has 4 N–H and O–H groups in total. The summed E-state index contributed by atoms with van der Waals surface area (Å²) in [5.74, 6) is -2.54. The monoisotopic (exact) mass is 874 g/mol. The first-order chi connectivity index (χ1) is 29.0. The van der Waals surface area contributed by atoms with Crippen LogP contribution in [-0.2, 0) is 57.2 Å². The van der Waals surface area contributed by atoms with Crippen LogP contribution in [0.4, 0.5) is 0 Å². The maximum atomic E-state index is 12.9. The number of esters is 2. The minimum absolute atomic E-state index is 0.0197. The molecule has 16 nitrogen and oxygen atoms in total. The number of amides is 3. The van der Waals surface area contributed by atoms with Crippen molar-refractivity contribution < 1.29 is 62.3 Å². The zero-order valence-corrected chi connectivity index (χ0v) is 38.6. The third-order valence-electron chi connectivity index (χ3n) is 8.98. The van der Waals surface area contributed by atoms with Gasteiger partial charge in [-0.1, -0.05) is 89.9 Å². The summed E-state index contributed by atoms with van der Waals surface area (Å²) in [5.41, 5.74) is -1.14. The van der Waals surface area contributed by atoms with Gasteiger partial charge >= 0.3 is 17.9 Å². The first-order valence-electron chi connectivity index (χ1n) is 22.8. The summed E-state index contributed by atoms with van der Waals surface area (Å²) in [5, 5.41) is 16.6. The molecule has 0 aliphatic heterocycles. The molecule has 0 rings (SSSR count). The largest absolute Gasteiger partial charge is 0.480 e. The van der Waals surface area contributed by atoms with E-state index in [1.54, 1.807) is 20.8 Å². The molecule has 0 aliphatic carbocycles. The Morgan fingerprint density at radius 3 is 1.33 bits per heavy atom. The van der Waals surface area contributed by atoms with E-state index in [4.69, 9.17) is 33.5 Å². The van der Waals surface area contributed by atoms with Crippen molar-refractivity contribution in [2.75, 3.05) is 65.9 Å². The molecule has 0 saturated heterocycles. The van der Waals surface area contributed by atoms with Crippen molar-refractivity contribution in [3.8, 4) is 0 Å². The second-order valence-electron chi connectivity index (χ2n) is 17.4. The van der Waals surface area contributed by atoms with Crippen LogP contribution in [0.1, 0.15) is 170 Å². The zero-order chi connectivity index (χ0) is 45.6. The van der Waals surface area contributed by atoms with Crippen molar-refractivity contribution in [3.63, 3.8) is 0 Å². The molecule has 0 aromatic carbocycles. The molecule has 1 atom stereocenters. The Bertz CT molecular complexity index is 1190. The number of rotatable bonds is 40. The molecule has 0 saturated carbocycles. The Hall–Kier alpha value is -3.34. The number of hydrogen-bond donors (Lipinski definition) is 4. The van der Waals surface area contributed by atoms with Gasteiger partial charge in [0.1, 0.15) is 30.5 Å². The van der Waals surface area contributed by atoms with Gasteiger partial charge in [-0.2, -0.15) is 0 Å². The first kappa shape index (κ1) is 57.7. The third kappa shape index (κ3) is 43.1. The molecule has 0 spiro atoms. The highest BCUT2D eigenvalue weighted by atomic mass is 16.6. The fourth-order valence-corrected chi connectivity index (χ4v) is 6.01. The minimum atomic E-state index is -1.05. The lowest BCUT2D eigenvalue weighted by Gasteiger charge is -2.24. The zero-order valence-electron chi connectivity index (χ0n) is 38.6. The normalized spacial score (nSPS) is 12.1. The number of nitrogens with one attached hydrogen (secondary N) is 3. The number of unbranched alkanes of at least 4 members (excludes halogenated alkanes) is 15. The van der Waals surface area contributed by atoms with Crippen molar-refractivity contribution in [2.45, 2.75) is 187 Å². The number of aliphatic carboxylic acids is 1. The number of ether oxygens (including phenoxy) is 6. The summed E-state index contributed by atoms with van der Waals surface area (Å²) < 4.78 is 31.6. The smallest absolute Gasteiger partial charge is 0.329 e. The van der Waals surface area contributed by atoms with E-state index in [0.29, 0.717) is 12.8 Å². The summed E-state index contributed by atoms with van der Waals surface area (Å²) in [4.78, 5) is 72.0. The molecule has 61 heavy (non-hydrogen) atoms. The highest BCUT2D eigenvalue weighted by Crippen LogP contribution is 2.16. The van der Waals surface area contributed by atoms with E-state index in [9.17, 15) is 28.8 Å². The molecule has 16 heteroatoms. The van der Waals surface area contributed by atoms with Gasteiger partial charge in [0.05, 0.1) is 39.6 Å². The molecule has 3 amide bonds. The van der Waals surface area contributed by atoms with Crippen molar-refractivity contribution in [3.05, 3.63) is 0 Å². The maximum Gasteiger partial charge on any atom is 0.329 e. The van der Waals surface area contributed by atoms with Gasteiger partial charge in [-0.15, -0.1) is 0 Å². The quantitative estimate of drug-likeness (QED) is 0.0391. The van der Waals surface area contributed by atoms with Crippen molar-refractivity contribution in [1.82, 2.24) is 16.0 Å². The fraction of sp³-hybridized carbons (Fsp3) is 0.867. The van der Waals surface area contributed by atoms with E-state index in [0.717, 1.165) is 38.5 Å². The standard InChI is InChI=1S/C45H83N3O13/c1-44(2,3)60-42(54)24-22-20-18-16-14-12-10-8-7-9-11-13-15-17-19-21-23-39(50)48-37(43(55)61-45(4,5)6)25-26-38(49)46-27-29-56-31-33-58-35-40(51)47-28-30-57-32-34-59-36-41(52)53/h37H,7-36H2,1-6H3,(H,46,49)(H,47,51)(H,48,50)(H,52,53)/t37-/m0/s1. The number of carboxylic acids is 1. The number of carbonyl (C=O) groups is 6. The van der Waals surface area contributed by atoms with Crippen LogP contribution in [0, 0.1) is 0 Å². The summed E-state index contributed by atoms with van der Waals surface area (Å²) in [6.45, 7) is 12.2. The van der Waals surface area contributed by atoms with Gasteiger partial charge in [-0.05, 0) is 60.8 Å². The van der Waals surface area contributed by atoms with Crippen molar-refractivity contribution in [1.29, 1.82) is 0 Å². The lowest BCUT2D eigenvalue weighted by Crippen LogP contribution is -2.44. The van der Waals surface area contributed by atoms with Crippen molar-refractivity contribution in [2.24, 2.45) is 0 Å². The summed E-state index contributed by atoms with van der Waals surface area (Å²) >= 11 is 0. The molecule has 0 aromatic heterocycles. The first-order valence-corrected chi connectivity index (χ1v) is 22.8. The number of carboxylic acid groups (broad SMARTS) is 1. The molecule has 0 bridgehead atoms. The fourth-order valence-electron chi connectivity index (χ4n) is 6.01. The molecule has 0 aromatic rings. The average molecular weight is 874 g/mol. The summed E-state index contributed by atoms with van der Waals surface area (Å²) in [6.07, 6.45) is 19.4. The van der Waals surface area contributed by atoms with Gasteiger partial charge in [0.15, 0.2) is 0 Å². The van der Waals surface area contributed by atoms with E-state index in [2.05, 4.69) is 16.0 Å². The highest BCUT2D eigenvalue weighted by molar-refractivity contribution is 5.85. The number of carbonyl (C=O) groups excluding carboxylic acids is 5. The van der Waals surface area contributed by atoms with Gasteiger partial charge in [0, 0.05) is 32.4 Å². The molecular formula is C45H83N3O13. The van der Waals surface area contributed by atoms with Crippen LogP contribution in [0.25, 0.3) is 0 Å². The Morgan fingerprint density at radius 2 is 0.869 bits per heavy atom. The van der Waals surface area contributed by atoms with Crippen LogP contribution in [0.5, 0.6) is 0 Å². The van der Waals surface area contributed by atoms with Gasteiger partial charge in [-0.3, -0.25) is 19.2 Å². The van der Waals surface area contributed by atoms with Crippen LogP contribution in [0.3, 0.4) is 0 Å².